The number of alkyl halides is 4. The second-order valence-electron chi connectivity index (χ2n) is 2.44. The molecule has 0 aliphatic carbocycles. The molecule has 0 fully saturated rings. The summed E-state index contributed by atoms with van der Waals surface area (Å²) in [7, 11) is 0. The summed E-state index contributed by atoms with van der Waals surface area (Å²) in [5, 5.41) is 8.30. The maximum absolute atomic E-state index is 12.2. The fourth-order valence-corrected chi connectivity index (χ4v) is 0.593. The van der Waals surface area contributed by atoms with Crippen molar-refractivity contribution in [2.45, 2.75) is 9.62 Å². The van der Waals surface area contributed by atoms with Gasteiger partial charge in [-0.2, -0.15) is 8.78 Å². The van der Waals surface area contributed by atoms with Gasteiger partial charge in [0.1, 0.15) is 9.62 Å². The molecule has 0 heterocycles. The Hall–Kier alpha value is -0.170. The molecule has 18 heavy (non-hydrogen) atoms. The number of phenolic OH excluding ortho intramolecular Hbond substituents is 1. The van der Waals surface area contributed by atoms with E-state index in [1.54, 1.807) is 0 Å². The molecule has 1 aromatic carbocycles. The molecule has 1 rings (SSSR count). The van der Waals surface area contributed by atoms with Crippen LogP contribution in [0.15, 0.2) is 0 Å². The van der Waals surface area contributed by atoms with Crippen molar-refractivity contribution in [3.05, 3.63) is 29.1 Å². The molecule has 0 aliphatic rings. The van der Waals surface area contributed by atoms with E-state index < -0.39 is 44.5 Å². The van der Waals surface area contributed by atoms with Gasteiger partial charge in [-0.05, 0) is 0 Å². The minimum atomic E-state index is -2.29. The molecule has 0 saturated carbocycles. The third-order valence-electron chi connectivity index (χ3n) is 1.33. The van der Waals surface area contributed by atoms with E-state index in [0.717, 1.165) is 0 Å². The molecule has 0 unspecified atom stereocenters. The van der Waals surface area contributed by atoms with Crippen LogP contribution in [0.25, 0.3) is 0 Å². The van der Waals surface area contributed by atoms with Crippen LogP contribution in [0.3, 0.4) is 0 Å². The van der Waals surface area contributed by atoms with Crippen LogP contribution < -0.4 is 0 Å². The highest BCUT2D eigenvalue weighted by Gasteiger charge is 2.24. The SMILES string of the molecule is Oc1c(F)c(F)c(F)c(F)c1F.[2H]C(Cl)(Cl)C([2H])(Cl)Cl. The van der Waals surface area contributed by atoms with E-state index in [2.05, 4.69) is 0 Å². The first-order chi connectivity index (χ1) is 8.71. The van der Waals surface area contributed by atoms with Crippen LogP contribution in [-0.4, -0.2) is 14.7 Å². The molecule has 0 amide bonds. The Labute approximate surface area is 121 Å². The molecule has 1 aromatic rings. The van der Waals surface area contributed by atoms with Crippen LogP contribution in [-0.2, 0) is 0 Å². The molecule has 10 heteroatoms. The number of rotatable bonds is 1. The quantitative estimate of drug-likeness (QED) is 0.336. The standard InChI is InChI=1S/C6HF5O.C2H2Cl4/c7-1-2(8)4(10)6(12)5(11)3(1)9;3-1(4)2(5)6/h12H;1-2H/i;1D,2D. The van der Waals surface area contributed by atoms with Crippen LogP contribution in [0, 0.1) is 29.1 Å². The van der Waals surface area contributed by atoms with Gasteiger partial charge in [0.05, 0.1) is 2.74 Å². The van der Waals surface area contributed by atoms with Crippen molar-refractivity contribution in [3.63, 3.8) is 0 Å². The van der Waals surface area contributed by atoms with Gasteiger partial charge in [0.25, 0.3) is 0 Å². The van der Waals surface area contributed by atoms with Crippen molar-refractivity contribution in [3.8, 4) is 5.75 Å². The lowest BCUT2D eigenvalue weighted by atomic mass is 10.3. The smallest absolute Gasteiger partial charge is 0.206 e. The van der Waals surface area contributed by atoms with Gasteiger partial charge in [-0.25, -0.2) is 13.2 Å². The number of hydrogen-bond acceptors (Lipinski definition) is 1. The lowest BCUT2D eigenvalue weighted by molar-refractivity contribution is 0.325. The van der Waals surface area contributed by atoms with E-state index in [1.165, 1.54) is 0 Å². The average Bonchev–Trinajstić information content (AvgIpc) is 2.30. The third-order valence-corrected chi connectivity index (χ3v) is 2.47. The van der Waals surface area contributed by atoms with Gasteiger partial charge in [-0.1, -0.05) is 0 Å². The summed E-state index contributed by atoms with van der Waals surface area (Å²) in [6.45, 7) is 0. The van der Waals surface area contributed by atoms with Gasteiger partial charge in [0.15, 0.2) is 5.75 Å². The Kier molecular flexibility index (Phi) is 5.88. The van der Waals surface area contributed by atoms with E-state index in [1.807, 2.05) is 0 Å². The minimum absolute atomic E-state index is 1.87. The second-order valence-corrected chi connectivity index (χ2v) is 4.34. The highest BCUT2D eigenvalue weighted by molar-refractivity contribution is 6.56. The Morgan fingerprint density at radius 3 is 1.17 bits per heavy atom. The van der Waals surface area contributed by atoms with E-state index in [-0.39, 0.29) is 0 Å². The first kappa shape index (κ1) is 14.2. The van der Waals surface area contributed by atoms with Crippen molar-refractivity contribution in [1.82, 2.24) is 0 Å². The van der Waals surface area contributed by atoms with E-state index in [4.69, 9.17) is 54.3 Å². The third kappa shape index (κ3) is 4.50. The van der Waals surface area contributed by atoms with Crippen LogP contribution in [0.1, 0.15) is 2.74 Å². The van der Waals surface area contributed by atoms with Gasteiger partial charge < -0.3 is 5.11 Å². The number of benzene rings is 1. The Morgan fingerprint density at radius 1 is 0.722 bits per heavy atom. The Bertz CT molecular complexity index is 386. The summed E-state index contributed by atoms with van der Waals surface area (Å²) in [5.74, 6) is -12.9. The molecular weight excluding hydrogens is 349 g/mol. The maximum Gasteiger partial charge on any atom is 0.206 e. The van der Waals surface area contributed by atoms with E-state index in [0.29, 0.717) is 0 Å². The van der Waals surface area contributed by atoms with Crippen molar-refractivity contribution >= 4 is 46.4 Å². The van der Waals surface area contributed by atoms with Crippen molar-refractivity contribution in [2.75, 3.05) is 0 Å². The van der Waals surface area contributed by atoms with Crippen molar-refractivity contribution < 1.29 is 29.8 Å². The van der Waals surface area contributed by atoms with Gasteiger partial charge in [-0.15, -0.1) is 46.4 Å². The summed E-state index contributed by atoms with van der Waals surface area (Å²) in [6.07, 6.45) is 0. The largest absolute Gasteiger partial charge is 0.503 e. The summed E-state index contributed by atoms with van der Waals surface area (Å²) < 4.78 is 74.0. The van der Waals surface area contributed by atoms with E-state index >= 15 is 0 Å². The lowest BCUT2D eigenvalue weighted by Crippen LogP contribution is -2.00. The highest BCUT2D eigenvalue weighted by Crippen LogP contribution is 2.27. The summed E-state index contributed by atoms with van der Waals surface area (Å²) in [6, 6.07) is 0. The summed E-state index contributed by atoms with van der Waals surface area (Å²) in [4.78, 5) is -4.34. The lowest BCUT2D eigenvalue weighted by Gasteiger charge is -2.00. The molecule has 104 valence electrons. The molecular formula is C8H3Cl4F5O. The number of hydrogen-bond donors (Lipinski definition) is 1. The summed E-state index contributed by atoms with van der Waals surface area (Å²) in [5.41, 5.74) is 0. The monoisotopic (exact) mass is 352 g/mol. The number of aromatic hydroxyl groups is 1. The van der Waals surface area contributed by atoms with Crippen LogP contribution >= 0.6 is 46.4 Å². The molecule has 0 saturated heterocycles. The zero-order valence-electron chi connectivity index (χ0n) is 9.85. The fraction of sp³-hybridized carbons (Fsp3) is 0.250. The van der Waals surface area contributed by atoms with Crippen LogP contribution in [0.2, 0.25) is 0 Å². The Morgan fingerprint density at radius 2 is 0.944 bits per heavy atom. The first-order valence-corrected chi connectivity index (χ1v) is 5.19. The van der Waals surface area contributed by atoms with Crippen LogP contribution in [0.5, 0.6) is 5.75 Å². The molecule has 0 radical (unpaired) electrons. The molecule has 0 aromatic heterocycles. The van der Waals surface area contributed by atoms with Gasteiger partial charge in [0, 0.05) is 0 Å². The second kappa shape index (κ2) is 7.43. The minimum Gasteiger partial charge on any atom is -0.503 e. The van der Waals surface area contributed by atoms with Crippen LogP contribution in [0.4, 0.5) is 22.0 Å². The highest BCUT2D eigenvalue weighted by atomic mass is 35.5. The Balaban J connectivity index is 0.000000396. The fourth-order valence-electron chi connectivity index (χ4n) is 0.593. The summed E-state index contributed by atoms with van der Waals surface area (Å²) >= 11 is 20.0. The first-order valence-electron chi connectivity index (χ1n) is 4.67. The predicted octanol–water partition coefficient (Wildman–Crippen LogP) is 4.68. The molecule has 0 spiro atoms. The molecule has 0 atom stereocenters. The van der Waals surface area contributed by atoms with Gasteiger partial charge in [-0.3, -0.25) is 0 Å². The predicted molar refractivity (Wildman–Crippen MR) is 58.9 cm³/mol. The van der Waals surface area contributed by atoms with Crippen molar-refractivity contribution in [2.24, 2.45) is 0 Å². The van der Waals surface area contributed by atoms with Gasteiger partial charge >= 0.3 is 0 Å². The number of halogens is 9. The molecule has 0 bridgehead atoms. The molecule has 1 nitrogen and oxygen atoms in total. The average molecular weight is 354 g/mol. The number of phenols is 1. The van der Waals surface area contributed by atoms with Gasteiger partial charge in [0.2, 0.25) is 29.1 Å². The molecule has 1 N–H and O–H groups in total. The zero-order valence-corrected chi connectivity index (χ0v) is 10.9. The van der Waals surface area contributed by atoms with E-state index in [9.17, 15) is 22.0 Å². The normalized spacial score (nSPS) is 13.4. The zero-order chi connectivity index (χ0) is 16.5. The molecule has 0 aliphatic heterocycles. The topological polar surface area (TPSA) is 20.2 Å². The maximum atomic E-state index is 12.2. The van der Waals surface area contributed by atoms with Crippen molar-refractivity contribution in [1.29, 1.82) is 0 Å².